The van der Waals surface area contributed by atoms with Crippen LogP contribution in [0.15, 0.2) is 71.8 Å². The average Bonchev–Trinajstić information content (AvgIpc) is 2.84. The van der Waals surface area contributed by atoms with Crippen LogP contribution in [0.1, 0.15) is 44.6 Å². The zero-order valence-corrected chi connectivity index (χ0v) is 26.7. The molecule has 0 N–H and O–H groups in total. The summed E-state index contributed by atoms with van der Waals surface area (Å²) in [5.41, 5.74) is 1.55. The maximum atomic E-state index is 13.4. The number of halogens is 4. The highest BCUT2D eigenvalue weighted by Crippen LogP contribution is 2.37. The molecule has 0 bridgehead atoms. The van der Waals surface area contributed by atoms with E-state index in [4.69, 9.17) is 26.1 Å². The number of aromatic nitrogens is 2. The van der Waals surface area contributed by atoms with E-state index < -0.39 is 5.41 Å². The number of ether oxygens (including phenoxy) is 2. The van der Waals surface area contributed by atoms with E-state index in [0.717, 1.165) is 19.0 Å². The summed E-state index contributed by atoms with van der Waals surface area (Å²) in [6, 6.07) is 14.8. The van der Waals surface area contributed by atoms with E-state index in [2.05, 4.69) is 52.9 Å². The number of rotatable bonds is 7. The molecule has 6 nitrogen and oxygen atoms in total. The third-order valence-electron chi connectivity index (χ3n) is 5.52. The minimum atomic E-state index is -0.426. The Morgan fingerprint density at radius 1 is 1.03 bits per heavy atom. The van der Waals surface area contributed by atoms with Crippen LogP contribution in [0.4, 0.5) is 0 Å². The Bertz CT molecular complexity index is 1600. The van der Waals surface area contributed by atoms with Crippen LogP contribution in [0.2, 0.25) is 5.02 Å². The van der Waals surface area contributed by atoms with Crippen LogP contribution in [0, 0.1) is 0 Å². The van der Waals surface area contributed by atoms with Gasteiger partial charge in [-0.05, 0) is 55.0 Å². The minimum absolute atomic E-state index is 0.256. The molecule has 0 unspecified atom stereocenters. The van der Waals surface area contributed by atoms with Crippen molar-refractivity contribution in [3.8, 4) is 11.5 Å². The van der Waals surface area contributed by atoms with Crippen LogP contribution in [-0.2, 0) is 12.0 Å². The summed E-state index contributed by atoms with van der Waals surface area (Å²) in [6.07, 6.45) is 1.58. The van der Waals surface area contributed by atoms with Crippen molar-refractivity contribution in [3.05, 3.63) is 94.3 Å². The topological polar surface area (TPSA) is 65.7 Å². The standard InChI is InChI=1S/C28H25Br3ClN3O3/c1-5-37-24-11-16(10-22(32)25(24)38-15-17-6-7-19(30)13-21(17)31)14-33-35-26(36)20-12-18(29)8-9-23(20)34-27(35)28(2,3)4/h6-14H,5,15H2,1-4H3. The SMILES string of the molecule is CCOc1cc(C=Nn2c(C(C)(C)C)nc3ccc(Br)cc3c2=O)cc(Cl)c1OCc1ccc(Br)cc1Br. The summed E-state index contributed by atoms with van der Waals surface area (Å²) in [4.78, 5) is 18.2. The third kappa shape index (κ3) is 6.50. The van der Waals surface area contributed by atoms with Gasteiger partial charge in [0.2, 0.25) is 0 Å². The smallest absolute Gasteiger partial charge is 0.282 e. The Labute approximate surface area is 251 Å². The average molecular weight is 727 g/mol. The normalized spacial score (nSPS) is 11.9. The molecule has 0 aliphatic rings. The lowest BCUT2D eigenvalue weighted by Crippen LogP contribution is -2.29. The molecule has 198 valence electrons. The summed E-state index contributed by atoms with van der Waals surface area (Å²) in [6.45, 7) is 8.58. The molecule has 0 spiro atoms. The Morgan fingerprint density at radius 3 is 2.42 bits per heavy atom. The van der Waals surface area contributed by atoms with Gasteiger partial charge in [0.25, 0.3) is 5.56 Å². The van der Waals surface area contributed by atoms with Gasteiger partial charge in [-0.2, -0.15) is 9.78 Å². The lowest BCUT2D eigenvalue weighted by Gasteiger charge is -2.21. The summed E-state index contributed by atoms with van der Waals surface area (Å²) in [5.74, 6) is 1.47. The first-order chi connectivity index (χ1) is 18.0. The van der Waals surface area contributed by atoms with Gasteiger partial charge in [0.15, 0.2) is 11.5 Å². The van der Waals surface area contributed by atoms with Gasteiger partial charge in [-0.15, -0.1) is 0 Å². The van der Waals surface area contributed by atoms with Crippen molar-refractivity contribution < 1.29 is 9.47 Å². The van der Waals surface area contributed by atoms with Crippen molar-refractivity contribution in [2.24, 2.45) is 5.10 Å². The van der Waals surface area contributed by atoms with Gasteiger partial charge in [-0.3, -0.25) is 4.79 Å². The maximum Gasteiger partial charge on any atom is 0.282 e. The summed E-state index contributed by atoms with van der Waals surface area (Å²) < 4.78 is 15.9. The van der Waals surface area contributed by atoms with Crippen molar-refractivity contribution >= 4 is 76.5 Å². The Morgan fingerprint density at radius 2 is 1.74 bits per heavy atom. The predicted octanol–water partition coefficient (Wildman–Crippen LogP) is 8.49. The molecule has 4 rings (SSSR count). The molecule has 0 radical (unpaired) electrons. The maximum absolute atomic E-state index is 13.4. The molecule has 10 heteroatoms. The van der Waals surface area contributed by atoms with Gasteiger partial charge in [-0.1, -0.05) is 86.2 Å². The highest BCUT2D eigenvalue weighted by molar-refractivity contribution is 9.11. The quantitative estimate of drug-likeness (QED) is 0.179. The second kappa shape index (κ2) is 11.9. The summed E-state index contributed by atoms with van der Waals surface area (Å²) >= 11 is 17.1. The molecule has 3 aromatic carbocycles. The van der Waals surface area contributed by atoms with E-state index in [-0.39, 0.29) is 5.56 Å². The van der Waals surface area contributed by atoms with E-state index in [1.807, 2.05) is 58.0 Å². The molecule has 0 saturated carbocycles. The van der Waals surface area contributed by atoms with Crippen molar-refractivity contribution in [2.45, 2.75) is 39.7 Å². The molecule has 1 aromatic heterocycles. The predicted molar refractivity (Wildman–Crippen MR) is 164 cm³/mol. The van der Waals surface area contributed by atoms with Crippen molar-refractivity contribution in [3.63, 3.8) is 0 Å². The molecule has 0 aliphatic carbocycles. The molecular formula is C28H25Br3ClN3O3. The molecule has 0 amide bonds. The molecule has 1 heterocycles. The number of hydrogen-bond donors (Lipinski definition) is 0. The van der Waals surface area contributed by atoms with Crippen LogP contribution in [0.3, 0.4) is 0 Å². The Kier molecular flexibility index (Phi) is 9.02. The minimum Gasteiger partial charge on any atom is -0.490 e. The van der Waals surface area contributed by atoms with Gasteiger partial charge in [0.1, 0.15) is 12.4 Å². The van der Waals surface area contributed by atoms with Crippen LogP contribution in [-0.4, -0.2) is 22.5 Å². The molecule has 0 aliphatic heterocycles. The van der Waals surface area contributed by atoms with E-state index in [0.29, 0.717) is 52.0 Å². The van der Waals surface area contributed by atoms with Crippen molar-refractivity contribution in [2.75, 3.05) is 6.61 Å². The molecule has 4 aromatic rings. The zero-order valence-electron chi connectivity index (χ0n) is 21.2. The third-order valence-corrected chi connectivity index (χ3v) is 7.53. The van der Waals surface area contributed by atoms with Crippen molar-refractivity contribution in [1.82, 2.24) is 9.66 Å². The summed E-state index contributed by atoms with van der Waals surface area (Å²) in [5, 5.41) is 5.39. The lowest BCUT2D eigenvalue weighted by atomic mass is 9.95. The van der Waals surface area contributed by atoms with Gasteiger partial charge < -0.3 is 9.47 Å². The van der Waals surface area contributed by atoms with Crippen LogP contribution in [0.25, 0.3) is 10.9 Å². The molecular weight excluding hydrogens is 701 g/mol. The number of hydrogen-bond acceptors (Lipinski definition) is 5. The molecule has 0 atom stereocenters. The first-order valence-corrected chi connectivity index (χ1v) is 14.5. The van der Waals surface area contributed by atoms with E-state index in [1.54, 1.807) is 24.4 Å². The van der Waals surface area contributed by atoms with Crippen LogP contribution >= 0.6 is 59.4 Å². The second-order valence-corrected chi connectivity index (χ2v) is 12.6. The van der Waals surface area contributed by atoms with E-state index in [1.165, 1.54) is 4.68 Å². The molecule has 0 saturated heterocycles. The fourth-order valence-electron chi connectivity index (χ4n) is 3.72. The highest BCUT2D eigenvalue weighted by atomic mass is 79.9. The Balaban J connectivity index is 1.73. The van der Waals surface area contributed by atoms with Crippen molar-refractivity contribution in [1.29, 1.82) is 0 Å². The van der Waals surface area contributed by atoms with E-state index >= 15 is 0 Å². The summed E-state index contributed by atoms with van der Waals surface area (Å²) in [7, 11) is 0. The highest BCUT2D eigenvalue weighted by Gasteiger charge is 2.23. The van der Waals surface area contributed by atoms with Gasteiger partial charge in [-0.25, -0.2) is 4.98 Å². The first kappa shape index (κ1) is 28.8. The van der Waals surface area contributed by atoms with Crippen LogP contribution < -0.4 is 15.0 Å². The molecule has 38 heavy (non-hydrogen) atoms. The number of nitrogens with zero attached hydrogens (tertiary/aromatic N) is 3. The largest absolute Gasteiger partial charge is 0.490 e. The second-order valence-electron chi connectivity index (χ2n) is 9.50. The fraction of sp³-hybridized carbons (Fsp3) is 0.250. The lowest BCUT2D eigenvalue weighted by molar-refractivity contribution is 0.269. The van der Waals surface area contributed by atoms with Gasteiger partial charge in [0, 0.05) is 24.4 Å². The number of benzene rings is 3. The zero-order chi connectivity index (χ0) is 27.6. The van der Waals surface area contributed by atoms with Crippen LogP contribution in [0.5, 0.6) is 11.5 Å². The Hall–Kier alpha value is -2.20. The number of fused-ring (bicyclic) bond motifs is 1. The monoisotopic (exact) mass is 723 g/mol. The first-order valence-electron chi connectivity index (χ1n) is 11.8. The van der Waals surface area contributed by atoms with Gasteiger partial charge in [0.05, 0.1) is 28.7 Å². The van der Waals surface area contributed by atoms with E-state index in [9.17, 15) is 4.79 Å². The van der Waals surface area contributed by atoms with Gasteiger partial charge >= 0.3 is 0 Å². The molecule has 0 fully saturated rings. The fourth-order valence-corrected chi connectivity index (χ4v) is 5.52.